The molecule has 3 rings (SSSR count). The van der Waals surface area contributed by atoms with Crippen molar-refractivity contribution in [3.63, 3.8) is 0 Å². The minimum Gasteiger partial charge on any atom is -0.458 e. The van der Waals surface area contributed by atoms with Crippen molar-refractivity contribution in [3.05, 3.63) is 59.7 Å². The van der Waals surface area contributed by atoms with Crippen molar-refractivity contribution in [1.29, 1.82) is 0 Å². The van der Waals surface area contributed by atoms with E-state index in [1.807, 2.05) is 20.8 Å². The molecule has 2 aromatic rings. The van der Waals surface area contributed by atoms with Gasteiger partial charge in [-0.2, -0.15) is 0 Å². The Labute approximate surface area is 211 Å². The van der Waals surface area contributed by atoms with Crippen LogP contribution in [0.2, 0.25) is 0 Å². The summed E-state index contributed by atoms with van der Waals surface area (Å²) in [5.74, 6) is -0.594. The van der Waals surface area contributed by atoms with Gasteiger partial charge in [0.2, 0.25) is 5.91 Å². The van der Waals surface area contributed by atoms with Crippen molar-refractivity contribution in [2.45, 2.75) is 90.8 Å². The van der Waals surface area contributed by atoms with E-state index in [1.54, 1.807) is 13.8 Å². The molecule has 0 saturated carbocycles. The smallest absolute Gasteiger partial charge is 0.331 e. The van der Waals surface area contributed by atoms with Gasteiger partial charge >= 0.3 is 5.97 Å². The highest BCUT2D eigenvalue weighted by Gasteiger charge is 2.33. The van der Waals surface area contributed by atoms with Crippen molar-refractivity contribution in [2.24, 2.45) is 0 Å². The molecule has 2 aromatic carbocycles. The summed E-state index contributed by atoms with van der Waals surface area (Å²) >= 11 is 0. The molecular formula is C30H42N2O3. The number of aryl methyl sites for hydroxylation is 1. The van der Waals surface area contributed by atoms with Crippen LogP contribution < -0.4 is 5.32 Å². The van der Waals surface area contributed by atoms with Gasteiger partial charge < -0.3 is 15.0 Å². The molecule has 190 valence electrons. The van der Waals surface area contributed by atoms with Gasteiger partial charge in [-0.05, 0) is 96.0 Å². The largest absolute Gasteiger partial charge is 0.458 e. The minimum atomic E-state index is -1.06. The summed E-state index contributed by atoms with van der Waals surface area (Å²) in [4.78, 5) is 27.4. The summed E-state index contributed by atoms with van der Waals surface area (Å²) in [6, 6.07) is 18.0. The van der Waals surface area contributed by atoms with Crippen molar-refractivity contribution >= 4 is 11.9 Å². The van der Waals surface area contributed by atoms with Gasteiger partial charge in [0.25, 0.3) is 0 Å². The summed E-state index contributed by atoms with van der Waals surface area (Å²) in [5.41, 5.74) is 3.19. The average Bonchev–Trinajstić information content (AvgIpc) is 3.20. The van der Waals surface area contributed by atoms with Crippen LogP contribution in [0.4, 0.5) is 0 Å². The Morgan fingerprint density at radius 1 is 0.914 bits per heavy atom. The van der Waals surface area contributed by atoms with Gasteiger partial charge in [-0.1, -0.05) is 48.5 Å². The van der Waals surface area contributed by atoms with Crippen LogP contribution in [0, 0.1) is 0 Å². The van der Waals surface area contributed by atoms with Crippen LogP contribution in [-0.4, -0.2) is 47.0 Å². The molecule has 0 aliphatic carbocycles. The first-order valence-corrected chi connectivity index (χ1v) is 12.9. The summed E-state index contributed by atoms with van der Waals surface area (Å²) in [6.07, 6.45) is 4.67. The summed E-state index contributed by atoms with van der Waals surface area (Å²) in [7, 11) is 0. The normalized spacial score (nSPS) is 16.8. The molecule has 5 nitrogen and oxygen atoms in total. The zero-order valence-corrected chi connectivity index (χ0v) is 22.3. The third-order valence-electron chi connectivity index (χ3n) is 6.62. The Morgan fingerprint density at radius 2 is 1.46 bits per heavy atom. The van der Waals surface area contributed by atoms with Gasteiger partial charge in [-0.25, -0.2) is 4.79 Å². The van der Waals surface area contributed by atoms with Gasteiger partial charge in [-0.3, -0.25) is 4.79 Å². The third-order valence-corrected chi connectivity index (χ3v) is 6.62. The highest BCUT2D eigenvalue weighted by molar-refractivity contribution is 5.87. The zero-order chi connectivity index (χ0) is 25.6. The topological polar surface area (TPSA) is 58.6 Å². The molecule has 1 fully saturated rings. The Balaban J connectivity index is 1.48. The maximum atomic E-state index is 12.5. The maximum Gasteiger partial charge on any atom is 0.331 e. The fraction of sp³-hybridized carbons (Fsp3) is 0.533. The second-order valence-corrected chi connectivity index (χ2v) is 11.3. The number of likely N-dealkylation sites (tertiary alicyclic amines) is 1. The maximum absolute atomic E-state index is 12.5. The van der Waals surface area contributed by atoms with E-state index in [1.165, 1.54) is 36.1 Å². The second-order valence-electron chi connectivity index (χ2n) is 11.3. The second kappa shape index (κ2) is 11.4. The molecule has 0 aromatic heterocycles. The predicted molar refractivity (Wildman–Crippen MR) is 142 cm³/mol. The van der Waals surface area contributed by atoms with E-state index < -0.39 is 17.1 Å². The van der Waals surface area contributed by atoms with E-state index in [0.717, 1.165) is 24.6 Å². The summed E-state index contributed by atoms with van der Waals surface area (Å²) in [6.45, 7) is 13.5. The molecule has 1 atom stereocenters. The number of carbonyl (C=O) groups excluding carboxylic acids is 2. The van der Waals surface area contributed by atoms with Crippen molar-refractivity contribution in [1.82, 2.24) is 10.2 Å². The van der Waals surface area contributed by atoms with Gasteiger partial charge in [0.15, 0.2) is 0 Å². The number of carbonyl (C=O) groups is 2. The van der Waals surface area contributed by atoms with Gasteiger partial charge in [0, 0.05) is 19.0 Å². The molecule has 1 N–H and O–H groups in total. The van der Waals surface area contributed by atoms with Gasteiger partial charge in [-0.15, -0.1) is 0 Å². The van der Waals surface area contributed by atoms with Crippen molar-refractivity contribution in [2.75, 3.05) is 13.1 Å². The lowest BCUT2D eigenvalue weighted by Gasteiger charge is -2.29. The van der Waals surface area contributed by atoms with E-state index in [4.69, 9.17) is 4.74 Å². The lowest BCUT2D eigenvalue weighted by molar-refractivity contribution is -0.163. The number of ether oxygens (including phenoxy) is 1. The first-order chi connectivity index (χ1) is 16.4. The molecule has 1 amide bonds. The lowest BCUT2D eigenvalue weighted by Crippen LogP contribution is -2.52. The summed E-state index contributed by atoms with van der Waals surface area (Å²) in [5, 5.41) is 2.81. The van der Waals surface area contributed by atoms with Crippen LogP contribution in [0.1, 0.15) is 71.9 Å². The molecule has 0 spiro atoms. The highest BCUT2D eigenvalue weighted by atomic mass is 16.6. The number of hydrogen-bond donors (Lipinski definition) is 1. The highest BCUT2D eigenvalue weighted by Crippen LogP contribution is 2.22. The summed E-state index contributed by atoms with van der Waals surface area (Å²) < 4.78 is 5.41. The van der Waals surface area contributed by atoms with Crippen molar-refractivity contribution < 1.29 is 14.3 Å². The van der Waals surface area contributed by atoms with E-state index >= 15 is 0 Å². The van der Waals surface area contributed by atoms with E-state index in [2.05, 4.69) is 65.7 Å². The van der Waals surface area contributed by atoms with Gasteiger partial charge in [0.05, 0.1) is 0 Å². The first-order valence-electron chi connectivity index (χ1n) is 12.9. The molecule has 1 aliphatic rings. The molecule has 35 heavy (non-hydrogen) atoms. The standard InChI is InChI=1S/C30H42N2O3/c1-22-8-7-20-32(22)21-19-24-11-16-26(17-12-24)25-14-9-23(10-15-25)13-18-27(33)31-30(5,6)28(34)35-29(2,3)4/h9-12,14-17,22H,7-8,13,18-21H2,1-6H3,(H,31,33). The minimum absolute atomic E-state index is 0.163. The van der Waals surface area contributed by atoms with Crippen LogP contribution in [0.3, 0.4) is 0 Å². The van der Waals surface area contributed by atoms with Crippen LogP contribution >= 0.6 is 0 Å². The number of esters is 1. The number of benzene rings is 2. The Bertz CT molecular complexity index is 988. The SMILES string of the molecule is CC1CCCN1CCc1ccc(-c2ccc(CCC(=O)NC(C)(C)C(=O)OC(C)(C)C)cc2)cc1. The first kappa shape index (κ1) is 26.9. The van der Waals surface area contributed by atoms with E-state index in [0.29, 0.717) is 12.8 Å². The monoisotopic (exact) mass is 478 g/mol. The van der Waals surface area contributed by atoms with Crippen LogP contribution in [-0.2, 0) is 27.2 Å². The lowest BCUT2D eigenvalue weighted by atomic mass is 10.00. The molecule has 1 aliphatic heterocycles. The van der Waals surface area contributed by atoms with Crippen LogP contribution in [0.25, 0.3) is 11.1 Å². The Morgan fingerprint density at radius 3 is 1.94 bits per heavy atom. The number of rotatable bonds is 9. The van der Waals surface area contributed by atoms with Crippen LogP contribution in [0.5, 0.6) is 0 Å². The fourth-order valence-electron chi connectivity index (χ4n) is 4.45. The molecule has 1 heterocycles. The van der Waals surface area contributed by atoms with Crippen molar-refractivity contribution in [3.8, 4) is 11.1 Å². The molecule has 1 saturated heterocycles. The quantitative estimate of drug-likeness (QED) is 0.480. The van der Waals surface area contributed by atoms with E-state index in [9.17, 15) is 9.59 Å². The van der Waals surface area contributed by atoms with Gasteiger partial charge in [0.1, 0.15) is 11.1 Å². The fourth-order valence-corrected chi connectivity index (χ4v) is 4.45. The number of nitrogens with one attached hydrogen (secondary N) is 1. The van der Waals surface area contributed by atoms with E-state index in [-0.39, 0.29) is 5.91 Å². The molecular weight excluding hydrogens is 436 g/mol. The zero-order valence-electron chi connectivity index (χ0n) is 22.3. The number of hydrogen-bond acceptors (Lipinski definition) is 4. The average molecular weight is 479 g/mol. The number of nitrogens with zero attached hydrogens (tertiary/aromatic N) is 1. The molecule has 0 bridgehead atoms. The Kier molecular flexibility index (Phi) is 8.76. The Hall–Kier alpha value is -2.66. The predicted octanol–water partition coefficient (Wildman–Crippen LogP) is 5.55. The molecule has 0 radical (unpaired) electrons. The number of amides is 1. The third kappa shape index (κ3) is 8.21. The molecule has 1 unspecified atom stereocenters. The van der Waals surface area contributed by atoms with Crippen LogP contribution in [0.15, 0.2) is 48.5 Å². The molecule has 5 heteroatoms.